The number of sulfonamides is 3. The maximum absolute atomic E-state index is 13.2. The number of fused-ring (bicyclic) bond motifs is 2. The molecular formula is C34H26ClN5O9S4. The van der Waals surface area contributed by atoms with Crippen molar-refractivity contribution in [3.8, 4) is 5.75 Å². The van der Waals surface area contributed by atoms with Crippen LogP contribution in [0.4, 0.5) is 22.7 Å². The smallest absolute Gasteiger partial charge is 0.337 e. The molecule has 0 spiro atoms. The van der Waals surface area contributed by atoms with Crippen LogP contribution < -0.4 is 25.2 Å². The third kappa shape index (κ3) is 8.43. The van der Waals surface area contributed by atoms with E-state index >= 15 is 0 Å². The van der Waals surface area contributed by atoms with Gasteiger partial charge < -0.3 is 20.8 Å². The van der Waals surface area contributed by atoms with Gasteiger partial charge in [-0.1, -0.05) is 29.8 Å². The lowest BCUT2D eigenvalue weighted by atomic mass is 10.1. The Hall–Kier alpha value is -5.50. The molecule has 0 bridgehead atoms. The summed E-state index contributed by atoms with van der Waals surface area (Å²) in [5.74, 6) is -1.63. The first-order valence-electron chi connectivity index (χ1n) is 15.0. The van der Waals surface area contributed by atoms with Crippen LogP contribution in [-0.4, -0.2) is 46.5 Å². The molecule has 0 aromatic heterocycles. The van der Waals surface area contributed by atoms with Gasteiger partial charge in [0.15, 0.2) is 5.11 Å². The number of phenols is 1. The van der Waals surface area contributed by atoms with Crippen molar-refractivity contribution in [3.63, 3.8) is 0 Å². The molecule has 0 fully saturated rings. The number of hydrogen-bond acceptors (Lipinski definition) is 9. The van der Waals surface area contributed by atoms with Crippen molar-refractivity contribution in [2.75, 3.05) is 20.1 Å². The van der Waals surface area contributed by atoms with Crippen LogP contribution in [0.15, 0.2) is 124 Å². The van der Waals surface area contributed by atoms with Crippen molar-refractivity contribution in [3.05, 3.63) is 120 Å². The molecule has 6 aromatic rings. The van der Waals surface area contributed by atoms with Crippen molar-refractivity contribution in [2.45, 2.75) is 14.7 Å². The highest BCUT2D eigenvalue weighted by atomic mass is 35.5. The third-order valence-corrected chi connectivity index (χ3v) is 11.9. The molecule has 0 saturated carbocycles. The fourth-order valence-corrected chi connectivity index (χ4v) is 8.42. The highest BCUT2D eigenvalue weighted by Gasteiger charge is 2.20. The molecule has 6 rings (SSSR count). The molecule has 272 valence electrons. The zero-order valence-corrected chi connectivity index (χ0v) is 30.8. The van der Waals surface area contributed by atoms with Crippen LogP contribution in [-0.2, 0) is 30.1 Å². The Balaban J connectivity index is 1.19. The Morgan fingerprint density at radius 3 is 1.89 bits per heavy atom. The number of carbonyl (C=O) groups is 1. The number of rotatable bonds is 10. The maximum Gasteiger partial charge on any atom is 0.337 e. The standard InChI is InChI=1S/C34H26ClN5O9S4/c35-31-11-8-25(17-30(31)33(42)43)40-52(46,47)27-9-5-19-4-6-22(12-20(19)14-27)37-34(50)38-23-7-10-29-21(13-23)15-28(18-32(29)41)53(48,49)39-24-2-1-3-26(16-24)51(36,44)45/h1-18,39-41H,(H,42,43)(H2,36,44,45)(H2,37,38,50). The van der Waals surface area contributed by atoms with Crippen LogP contribution in [0.3, 0.4) is 0 Å². The zero-order chi connectivity index (χ0) is 38.3. The molecule has 0 heterocycles. The van der Waals surface area contributed by atoms with E-state index in [9.17, 15) is 40.3 Å². The van der Waals surface area contributed by atoms with Gasteiger partial charge >= 0.3 is 5.97 Å². The van der Waals surface area contributed by atoms with Crippen molar-refractivity contribution in [1.29, 1.82) is 0 Å². The lowest BCUT2D eigenvalue weighted by Crippen LogP contribution is -2.19. The van der Waals surface area contributed by atoms with Gasteiger partial charge in [-0.05, 0) is 113 Å². The Bertz CT molecular complexity index is 2840. The first kappa shape index (κ1) is 37.3. The summed E-state index contributed by atoms with van der Waals surface area (Å²) in [4.78, 5) is 10.8. The molecule has 0 aliphatic heterocycles. The molecular weight excluding hydrogens is 786 g/mol. The van der Waals surface area contributed by atoms with E-state index in [4.69, 9.17) is 29.0 Å². The van der Waals surface area contributed by atoms with Gasteiger partial charge in [-0.15, -0.1) is 0 Å². The fourth-order valence-electron chi connectivity index (χ4n) is 5.24. The normalized spacial score (nSPS) is 12.0. The number of nitrogens with one attached hydrogen (secondary N) is 4. The molecule has 0 aliphatic rings. The van der Waals surface area contributed by atoms with Crippen LogP contribution in [0.2, 0.25) is 5.02 Å². The molecule has 8 N–H and O–H groups in total. The van der Waals surface area contributed by atoms with E-state index in [-0.39, 0.29) is 47.5 Å². The Morgan fingerprint density at radius 2 is 1.21 bits per heavy atom. The fraction of sp³-hybridized carbons (Fsp3) is 0. The lowest BCUT2D eigenvalue weighted by Gasteiger charge is -2.14. The highest BCUT2D eigenvalue weighted by molar-refractivity contribution is 7.93. The van der Waals surface area contributed by atoms with Gasteiger partial charge in [0.25, 0.3) is 20.0 Å². The maximum atomic E-state index is 13.2. The van der Waals surface area contributed by atoms with E-state index < -0.39 is 36.0 Å². The number of aromatic carboxylic acids is 1. The summed E-state index contributed by atoms with van der Waals surface area (Å²) in [7, 11) is -12.5. The van der Waals surface area contributed by atoms with Gasteiger partial charge in [0.05, 0.1) is 31.0 Å². The molecule has 0 amide bonds. The molecule has 0 unspecified atom stereocenters. The quantitative estimate of drug-likeness (QED) is 0.0777. The average Bonchev–Trinajstić information content (AvgIpc) is 3.08. The second kappa shape index (κ2) is 14.1. The first-order chi connectivity index (χ1) is 24.9. The Morgan fingerprint density at radius 1 is 0.623 bits per heavy atom. The number of aromatic hydroxyl groups is 1. The minimum atomic E-state index is -4.29. The summed E-state index contributed by atoms with van der Waals surface area (Å²) < 4.78 is 80.9. The summed E-state index contributed by atoms with van der Waals surface area (Å²) in [6.45, 7) is 0. The van der Waals surface area contributed by atoms with Crippen molar-refractivity contribution < 1.29 is 40.3 Å². The third-order valence-electron chi connectivity index (χ3n) is 7.72. The van der Waals surface area contributed by atoms with Crippen molar-refractivity contribution in [1.82, 2.24) is 0 Å². The summed E-state index contributed by atoms with van der Waals surface area (Å²) in [6.07, 6.45) is 0. The predicted molar refractivity (Wildman–Crippen MR) is 207 cm³/mol. The Labute approximate surface area is 313 Å². The largest absolute Gasteiger partial charge is 0.507 e. The zero-order valence-electron chi connectivity index (χ0n) is 26.7. The molecule has 19 heteroatoms. The van der Waals surface area contributed by atoms with Crippen molar-refractivity contribution in [2.24, 2.45) is 5.14 Å². The first-order valence-corrected chi connectivity index (χ1v) is 20.3. The molecule has 0 atom stereocenters. The van der Waals surface area contributed by atoms with Gasteiger partial charge in [0.2, 0.25) is 10.0 Å². The lowest BCUT2D eigenvalue weighted by molar-refractivity contribution is 0.0697. The van der Waals surface area contributed by atoms with Gasteiger partial charge in [0.1, 0.15) is 5.75 Å². The number of phenolic OH excluding ortho intramolecular Hbond substituents is 1. The number of benzene rings is 6. The molecule has 14 nitrogen and oxygen atoms in total. The van der Waals surface area contributed by atoms with Gasteiger partial charge in [0, 0.05) is 28.5 Å². The number of carboxylic acid groups (broad SMARTS) is 1. The highest BCUT2D eigenvalue weighted by Crippen LogP contribution is 2.32. The number of carboxylic acids is 1. The monoisotopic (exact) mass is 811 g/mol. The van der Waals surface area contributed by atoms with Crippen LogP contribution >= 0.6 is 23.8 Å². The van der Waals surface area contributed by atoms with E-state index in [1.165, 1.54) is 48.5 Å². The Kier molecular flexibility index (Phi) is 9.94. The van der Waals surface area contributed by atoms with Crippen molar-refractivity contribution >= 4 is 109 Å². The van der Waals surface area contributed by atoms with Crippen LogP contribution in [0.25, 0.3) is 21.5 Å². The van der Waals surface area contributed by atoms with Crippen LogP contribution in [0.5, 0.6) is 5.75 Å². The summed E-state index contributed by atoms with van der Waals surface area (Å²) in [5, 5.41) is 33.2. The second-order valence-electron chi connectivity index (χ2n) is 11.5. The molecule has 53 heavy (non-hydrogen) atoms. The summed E-state index contributed by atoms with van der Waals surface area (Å²) >= 11 is 11.4. The topological polar surface area (TPSA) is 234 Å². The van der Waals surface area contributed by atoms with Crippen LogP contribution in [0.1, 0.15) is 10.4 Å². The second-order valence-corrected chi connectivity index (χ2v) is 17.2. The molecule has 0 saturated heterocycles. The van der Waals surface area contributed by atoms with E-state index in [1.54, 1.807) is 42.5 Å². The van der Waals surface area contributed by atoms with Gasteiger partial charge in [-0.3, -0.25) is 9.44 Å². The minimum Gasteiger partial charge on any atom is -0.507 e. The summed E-state index contributed by atoms with van der Waals surface area (Å²) in [6, 6.07) is 25.5. The van der Waals surface area contributed by atoms with E-state index in [1.807, 2.05) is 0 Å². The van der Waals surface area contributed by atoms with E-state index in [0.717, 1.165) is 23.6 Å². The van der Waals surface area contributed by atoms with Gasteiger partial charge in [-0.25, -0.2) is 35.2 Å². The number of nitrogens with two attached hydrogens (primary N) is 1. The average molecular weight is 812 g/mol. The number of halogens is 1. The molecule has 0 radical (unpaired) electrons. The SMILES string of the molecule is NS(=O)(=O)c1cccc(NS(=O)(=O)c2cc(O)c3ccc(NC(=S)Nc4ccc5ccc(S(=O)(=O)Nc6ccc(Cl)c(C(=O)O)c6)cc5c4)cc3c2)c1. The van der Waals surface area contributed by atoms with E-state index in [0.29, 0.717) is 27.5 Å². The van der Waals surface area contributed by atoms with E-state index in [2.05, 4.69) is 20.1 Å². The number of thiocarbonyl (C=S) groups is 1. The molecule has 0 aliphatic carbocycles. The predicted octanol–water partition coefficient (Wildman–Crippen LogP) is 6.11. The van der Waals surface area contributed by atoms with Gasteiger partial charge in [-0.2, -0.15) is 0 Å². The minimum absolute atomic E-state index is 0.0188. The van der Waals surface area contributed by atoms with Crippen LogP contribution in [0, 0.1) is 0 Å². The number of anilines is 4. The molecule has 6 aromatic carbocycles. The number of primary sulfonamides is 1. The summed E-state index contributed by atoms with van der Waals surface area (Å²) in [5.41, 5.74) is 0.647. The number of hydrogen-bond donors (Lipinski definition) is 7.